The Morgan fingerprint density at radius 3 is 2.44 bits per heavy atom. The van der Waals surface area contributed by atoms with E-state index in [4.69, 9.17) is 21.1 Å². The fourth-order valence-electron chi connectivity index (χ4n) is 2.65. The zero-order chi connectivity index (χ0) is 19.8. The number of nitrogens with one attached hydrogen (secondary N) is 1. The maximum atomic E-state index is 12.7. The number of halogens is 1. The Balaban J connectivity index is 2.11. The van der Waals surface area contributed by atoms with Crippen molar-refractivity contribution in [3.63, 3.8) is 0 Å². The SMILES string of the molecule is CCOc1ccc(C(=O)NC(C)c2ccc(Cl)cc2)cc1COCC(C)C. The first-order chi connectivity index (χ1) is 12.9. The quantitative estimate of drug-likeness (QED) is 0.624. The Morgan fingerprint density at radius 2 is 1.81 bits per heavy atom. The fourth-order valence-corrected chi connectivity index (χ4v) is 2.78. The molecule has 0 fully saturated rings. The molecule has 1 atom stereocenters. The third-order valence-corrected chi connectivity index (χ3v) is 4.30. The second-order valence-corrected chi connectivity index (χ2v) is 7.35. The normalized spacial score (nSPS) is 12.1. The maximum absolute atomic E-state index is 12.7. The number of rotatable bonds is 9. The van der Waals surface area contributed by atoms with E-state index in [1.165, 1.54) is 0 Å². The van der Waals surface area contributed by atoms with Gasteiger partial charge in [-0.05, 0) is 55.7 Å². The molecule has 0 bridgehead atoms. The number of ether oxygens (including phenoxy) is 2. The van der Waals surface area contributed by atoms with Crippen molar-refractivity contribution < 1.29 is 14.3 Å². The van der Waals surface area contributed by atoms with Crippen LogP contribution in [0.3, 0.4) is 0 Å². The molecule has 0 saturated carbocycles. The Kier molecular flexibility index (Phi) is 8.14. The average molecular weight is 390 g/mol. The van der Waals surface area contributed by atoms with E-state index < -0.39 is 0 Å². The molecule has 0 spiro atoms. The van der Waals surface area contributed by atoms with Crippen molar-refractivity contribution in [2.45, 2.75) is 40.3 Å². The minimum Gasteiger partial charge on any atom is -0.494 e. The zero-order valence-electron chi connectivity index (χ0n) is 16.4. The molecule has 0 aliphatic rings. The van der Waals surface area contributed by atoms with E-state index >= 15 is 0 Å². The average Bonchev–Trinajstić information content (AvgIpc) is 2.63. The first-order valence-electron chi connectivity index (χ1n) is 9.30. The summed E-state index contributed by atoms with van der Waals surface area (Å²) >= 11 is 5.93. The highest BCUT2D eigenvalue weighted by molar-refractivity contribution is 6.30. The van der Waals surface area contributed by atoms with Gasteiger partial charge in [0.25, 0.3) is 5.91 Å². The van der Waals surface area contributed by atoms with E-state index in [0.29, 0.717) is 36.3 Å². The molecule has 0 saturated heterocycles. The van der Waals surface area contributed by atoms with Gasteiger partial charge in [-0.15, -0.1) is 0 Å². The molecule has 146 valence electrons. The molecule has 2 aromatic carbocycles. The molecule has 2 aromatic rings. The summed E-state index contributed by atoms with van der Waals surface area (Å²) < 4.78 is 11.4. The van der Waals surface area contributed by atoms with Crippen molar-refractivity contribution in [1.82, 2.24) is 5.32 Å². The third-order valence-electron chi connectivity index (χ3n) is 4.05. The lowest BCUT2D eigenvalue weighted by molar-refractivity contribution is 0.0928. The number of hydrogen-bond donors (Lipinski definition) is 1. The van der Waals surface area contributed by atoms with Crippen LogP contribution < -0.4 is 10.1 Å². The number of carbonyl (C=O) groups excluding carboxylic acids is 1. The van der Waals surface area contributed by atoms with Crippen LogP contribution in [0.2, 0.25) is 5.02 Å². The number of amides is 1. The topological polar surface area (TPSA) is 47.6 Å². The minimum atomic E-state index is -0.134. The third kappa shape index (κ3) is 6.56. The first kappa shape index (κ1) is 21.3. The van der Waals surface area contributed by atoms with E-state index in [2.05, 4.69) is 19.2 Å². The summed E-state index contributed by atoms with van der Waals surface area (Å²) in [6.07, 6.45) is 0. The summed E-state index contributed by atoms with van der Waals surface area (Å²) in [5.41, 5.74) is 2.46. The van der Waals surface area contributed by atoms with Crippen molar-refractivity contribution in [2.24, 2.45) is 5.92 Å². The number of benzene rings is 2. The fraction of sp³-hybridized carbons (Fsp3) is 0.409. The predicted octanol–water partition coefficient (Wildman–Crippen LogP) is 5.40. The molecular weight excluding hydrogens is 362 g/mol. The van der Waals surface area contributed by atoms with Gasteiger partial charge in [-0.3, -0.25) is 4.79 Å². The molecule has 4 nitrogen and oxygen atoms in total. The van der Waals surface area contributed by atoms with Crippen LogP contribution in [0.1, 0.15) is 55.2 Å². The first-order valence-corrected chi connectivity index (χ1v) is 9.68. The molecule has 0 heterocycles. The lowest BCUT2D eigenvalue weighted by Gasteiger charge is -2.16. The lowest BCUT2D eigenvalue weighted by Crippen LogP contribution is -2.26. The molecule has 0 aromatic heterocycles. The van der Waals surface area contributed by atoms with Gasteiger partial charge < -0.3 is 14.8 Å². The van der Waals surface area contributed by atoms with Crippen LogP contribution >= 0.6 is 11.6 Å². The summed E-state index contributed by atoms with van der Waals surface area (Å²) in [7, 11) is 0. The lowest BCUT2D eigenvalue weighted by atomic mass is 10.1. The van der Waals surface area contributed by atoms with E-state index in [0.717, 1.165) is 16.9 Å². The van der Waals surface area contributed by atoms with Crippen molar-refractivity contribution in [3.8, 4) is 5.75 Å². The summed E-state index contributed by atoms with van der Waals surface area (Å²) in [5.74, 6) is 1.07. The summed E-state index contributed by atoms with van der Waals surface area (Å²) in [6.45, 7) is 9.74. The van der Waals surface area contributed by atoms with E-state index in [-0.39, 0.29) is 11.9 Å². The van der Waals surface area contributed by atoms with Crippen LogP contribution in [0.5, 0.6) is 5.75 Å². The van der Waals surface area contributed by atoms with Crippen LogP contribution in [-0.2, 0) is 11.3 Å². The van der Waals surface area contributed by atoms with Gasteiger partial charge in [0.1, 0.15) is 5.75 Å². The monoisotopic (exact) mass is 389 g/mol. The smallest absolute Gasteiger partial charge is 0.251 e. The Labute approximate surface area is 166 Å². The van der Waals surface area contributed by atoms with E-state index in [9.17, 15) is 4.79 Å². The largest absolute Gasteiger partial charge is 0.494 e. The van der Waals surface area contributed by atoms with Crippen molar-refractivity contribution >= 4 is 17.5 Å². The summed E-state index contributed by atoms with van der Waals surface area (Å²) in [5, 5.41) is 3.70. The number of carbonyl (C=O) groups is 1. The maximum Gasteiger partial charge on any atom is 0.251 e. The predicted molar refractivity (Wildman–Crippen MR) is 109 cm³/mol. The Bertz CT molecular complexity index is 744. The molecule has 1 unspecified atom stereocenters. The van der Waals surface area contributed by atoms with Crippen LogP contribution in [-0.4, -0.2) is 19.1 Å². The molecule has 0 aliphatic carbocycles. The molecule has 27 heavy (non-hydrogen) atoms. The molecule has 1 amide bonds. The highest BCUT2D eigenvalue weighted by Crippen LogP contribution is 2.23. The molecule has 0 radical (unpaired) electrons. The van der Waals surface area contributed by atoms with Crippen molar-refractivity contribution in [3.05, 3.63) is 64.2 Å². The van der Waals surface area contributed by atoms with Gasteiger partial charge in [0.05, 0.1) is 19.3 Å². The second kappa shape index (κ2) is 10.3. The second-order valence-electron chi connectivity index (χ2n) is 6.91. The Hall–Kier alpha value is -2.04. The molecule has 1 N–H and O–H groups in total. The van der Waals surface area contributed by atoms with Crippen LogP contribution in [0.15, 0.2) is 42.5 Å². The van der Waals surface area contributed by atoms with Crippen molar-refractivity contribution in [1.29, 1.82) is 0 Å². The standard InChI is InChI=1S/C22H28ClNO3/c1-5-27-21-11-8-18(12-19(21)14-26-13-15(2)3)22(25)24-16(4)17-6-9-20(23)10-7-17/h6-12,15-16H,5,13-14H2,1-4H3,(H,24,25). The van der Waals surface area contributed by atoms with Gasteiger partial charge in [0, 0.05) is 22.8 Å². The highest BCUT2D eigenvalue weighted by atomic mass is 35.5. The van der Waals surface area contributed by atoms with Gasteiger partial charge in [-0.1, -0.05) is 37.6 Å². The molecular formula is C22H28ClNO3. The van der Waals surface area contributed by atoms with Crippen LogP contribution in [0, 0.1) is 5.92 Å². The van der Waals surface area contributed by atoms with Crippen LogP contribution in [0.25, 0.3) is 0 Å². The van der Waals surface area contributed by atoms with E-state index in [1.54, 1.807) is 6.07 Å². The number of hydrogen-bond acceptors (Lipinski definition) is 3. The van der Waals surface area contributed by atoms with Crippen LogP contribution in [0.4, 0.5) is 0 Å². The molecule has 2 rings (SSSR count). The molecule has 0 aliphatic heterocycles. The highest BCUT2D eigenvalue weighted by Gasteiger charge is 2.14. The Morgan fingerprint density at radius 1 is 1.11 bits per heavy atom. The summed E-state index contributed by atoms with van der Waals surface area (Å²) in [6, 6.07) is 12.8. The van der Waals surface area contributed by atoms with Gasteiger partial charge >= 0.3 is 0 Å². The molecule has 5 heteroatoms. The zero-order valence-corrected chi connectivity index (χ0v) is 17.2. The summed E-state index contributed by atoms with van der Waals surface area (Å²) in [4.78, 5) is 12.7. The van der Waals surface area contributed by atoms with Gasteiger partial charge in [0.2, 0.25) is 0 Å². The van der Waals surface area contributed by atoms with Gasteiger partial charge in [-0.25, -0.2) is 0 Å². The minimum absolute atomic E-state index is 0.123. The van der Waals surface area contributed by atoms with E-state index in [1.807, 2.05) is 50.2 Å². The van der Waals surface area contributed by atoms with Gasteiger partial charge in [0.15, 0.2) is 0 Å². The van der Waals surface area contributed by atoms with Crippen molar-refractivity contribution in [2.75, 3.05) is 13.2 Å². The van der Waals surface area contributed by atoms with Gasteiger partial charge in [-0.2, -0.15) is 0 Å².